The van der Waals surface area contributed by atoms with Crippen LogP contribution in [0, 0.1) is 0 Å². The highest BCUT2D eigenvalue weighted by molar-refractivity contribution is 5.19. The van der Waals surface area contributed by atoms with Crippen LogP contribution in [0.3, 0.4) is 0 Å². The van der Waals surface area contributed by atoms with E-state index in [0.717, 1.165) is 30.6 Å². The number of benzene rings is 1. The first-order chi connectivity index (χ1) is 10.7. The summed E-state index contributed by atoms with van der Waals surface area (Å²) in [5.41, 5.74) is 3.53. The summed E-state index contributed by atoms with van der Waals surface area (Å²) in [5, 5.41) is 4.62. The Morgan fingerprint density at radius 1 is 1.14 bits per heavy atom. The predicted octanol–water partition coefficient (Wildman–Crippen LogP) is 2.60. The molecule has 1 aliphatic carbocycles. The molecule has 0 aliphatic heterocycles. The Hall–Kier alpha value is -1.94. The fourth-order valence-electron chi connectivity index (χ4n) is 3.05. The number of aromatic nitrogens is 2. The third kappa shape index (κ3) is 3.63. The lowest BCUT2D eigenvalue weighted by molar-refractivity contribution is 0.238. The molecule has 2 aromatic rings. The van der Waals surface area contributed by atoms with E-state index in [0.29, 0.717) is 6.67 Å². The molecule has 0 bridgehead atoms. The van der Waals surface area contributed by atoms with E-state index in [1.807, 2.05) is 25.2 Å². The molecule has 1 aromatic carbocycles. The van der Waals surface area contributed by atoms with Crippen molar-refractivity contribution in [3.8, 4) is 0 Å². The van der Waals surface area contributed by atoms with Crippen molar-refractivity contribution in [2.75, 3.05) is 7.05 Å². The minimum atomic E-state index is 0.0144. The fourth-order valence-corrected chi connectivity index (χ4v) is 3.05. The second-order valence-electron chi connectivity index (χ2n) is 6.16. The minimum absolute atomic E-state index is 0.0144. The second-order valence-corrected chi connectivity index (χ2v) is 6.16. The van der Waals surface area contributed by atoms with E-state index in [1.165, 1.54) is 24.8 Å². The largest absolute Gasteiger partial charge is 0.283 e. The Balaban J connectivity index is 1.74. The third-order valence-electron chi connectivity index (χ3n) is 4.19. The maximum atomic E-state index is 12.3. The van der Waals surface area contributed by atoms with E-state index in [-0.39, 0.29) is 5.56 Å². The van der Waals surface area contributed by atoms with Gasteiger partial charge in [0, 0.05) is 12.6 Å². The standard InChI is InChI=1S/C18H23N3O/c1-20(13-15-8-4-2-5-9-15)14-21-18(22)12-16-10-6-3-7-11-17(16)19-21/h2,4-5,8-9,12H,3,6-7,10-11,13-14H2,1H3. The van der Waals surface area contributed by atoms with Gasteiger partial charge >= 0.3 is 0 Å². The summed E-state index contributed by atoms with van der Waals surface area (Å²) in [6, 6.07) is 12.1. The average Bonchev–Trinajstić information content (AvgIpc) is 2.73. The lowest BCUT2D eigenvalue weighted by Crippen LogP contribution is -2.32. The van der Waals surface area contributed by atoms with Crippen LogP contribution in [0.1, 0.15) is 36.1 Å². The van der Waals surface area contributed by atoms with Gasteiger partial charge in [0.15, 0.2) is 0 Å². The number of nitrogens with zero attached hydrogens (tertiary/aromatic N) is 3. The van der Waals surface area contributed by atoms with Crippen molar-refractivity contribution in [1.82, 2.24) is 14.7 Å². The molecule has 0 fully saturated rings. The smallest absolute Gasteiger partial charge is 0.268 e. The normalized spacial score (nSPS) is 14.6. The van der Waals surface area contributed by atoms with E-state index in [9.17, 15) is 4.79 Å². The minimum Gasteiger partial charge on any atom is -0.283 e. The van der Waals surface area contributed by atoms with Crippen LogP contribution < -0.4 is 5.56 Å². The van der Waals surface area contributed by atoms with Crippen LogP contribution in [-0.2, 0) is 26.1 Å². The van der Waals surface area contributed by atoms with E-state index < -0.39 is 0 Å². The van der Waals surface area contributed by atoms with Crippen molar-refractivity contribution in [2.24, 2.45) is 0 Å². The van der Waals surface area contributed by atoms with Gasteiger partial charge in [-0.15, -0.1) is 0 Å². The molecule has 1 heterocycles. The molecule has 0 radical (unpaired) electrons. The number of rotatable bonds is 4. The first kappa shape index (κ1) is 15.0. The molecule has 1 aliphatic rings. The Kier molecular flexibility index (Phi) is 4.68. The third-order valence-corrected chi connectivity index (χ3v) is 4.19. The van der Waals surface area contributed by atoms with Gasteiger partial charge in [0.1, 0.15) is 0 Å². The molecule has 0 saturated carbocycles. The maximum Gasteiger partial charge on any atom is 0.268 e. The molecule has 0 saturated heterocycles. The van der Waals surface area contributed by atoms with Crippen LogP contribution in [0.4, 0.5) is 0 Å². The molecule has 0 atom stereocenters. The van der Waals surface area contributed by atoms with Crippen LogP contribution in [0.5, 0.6) is 0 Å². The lowest BCUT2D eigenvalue weighted by Gasteiger charge is -2.18. The van der Waals surface area contributed by atoms with E-state index >= 15 is 0 Å². The van der Waals surface area contributed by atoms with Gasteiger partial charge in [-0.1, -0.05) is 36.8 Å². The molecule has 3 rings (SSSR count). The van der Waals surface area contributed by atoms with Gasteiger partial charge < -0.3 is 0 Å². The Labute approximate surface area is 131 Å². The zero-order valence-corrected chi connectivity index (χ0v) is 13.2. The molecule has 4 heteroatoms. The highest BCUT2D eigenvalue weighted by atomic mass is 16.1. The van der Waals surface area contributed by atoms with Gasteiger partial charge in [0.05, 0.1) is 12.4 Å². The highest BCUT2D eigenvalue weighted by Gasteiger charge is 2.13. The Morgan fingerprint density at radius 2 is 1.91 bits per heavy atom. The van der Waals surface area contributed by atoms with Gasteiger partial charge in [0.25, 0.3) is 5.56 Å². The van der Waals surface area contributed by atoms with Crippen LogP contribution in [0.2, 0.25) is 0 Å². The summed E-state index contributed by atoms with van der Waals surface area (Å²) in [7, 11) is 2.02. The van der Waals surface area contributed by atoms with Crippen molar-refractivity contribution in [3.05, 3.63) is 63.6 Å². The van der Waals surface area contributed by atoms with E-state index in [1.54, 1.807) is 10.7 Å². The van der Waals surface area contributed by atoms with Crippen molar-refractivity contribution in [1.29, 1.82) is 0 Å². The van der Waals surface area contributed by atoms with Crippen molar-refractivity contribution >= 4 is 0 Å². The number of fused-ring (bicyclic) bond motifs is 1. The summed E-state index contributed by atoms with van der Waals surface area (Å²) in [6.45, 7) is 1.34. The van der Waals surface area contributed by atoms with Crippen molar-refractivity contribution in [2.45, 2.75) is 45.3 Å². The molecule has 0 unspecified atom stereocenters. The van der Waals surface area contributed by atoms with Crippen LogP contribution >= 0.6 is 0 Å². The van der Waals surface area contributed by atoms with Gasteiger partial charge in [-0.2, -0.15) is 5.10 Å². The Morgan fingerprint density at radius 3 is 2.73 bits per heavy atom. The fraction of sp³-hybridized carbons (Fsp3) is 0.444. The summed E-state index contributed by atoms with van der Waals surface area (Å²) in [5.74, 6) is 0. The molecule has 1 aromatic heterocycles. The zero-order chi connectivity index (χ0) is 15.4. The topological polar surface area (TPSA) is 38.1 Å². The van der Waals surface area contributed by atoms with E-state index in [2.05, 4.69) is 22.1 Å². The Bertz CT molecular complexity index is 678. The maximum absolute atomic E-state index is 12.3. The molecule has 22 heavy (non-hydrogen) atoms. The first-order valence-electron chi connectivity index (χ1n) is 8.05. The predicted molar refractivity (Wildman–Crippen MR) is 87.7 cm³/mol. The van der Waals surface area contributed by atoms with Gasteiger partial charge in [0.2, 0.25) is 0 Å². The van der Waals surface area contributed by atoms with Gasteiger partial charge in [-0.05, 0) is 43.9 Å². The highest BCUT2D eigenvalue weighted by Crippen LogP contribution is 2.16. The monoisotopic (exact) mass is 297 g/mol. The summed E-state index contributed by atoms with van der Waals surface area (Å²) < 4.78 is 1.60. The first-order valence-corrected chi connectivity index (χ1v) is 8.05. The summed E-state index contributed by atoms with van der Waals surface area (Å²) in [6.07, 6.45) is 5.58. The molecule has 0 spiro atoms. The van der Waals surface area contributed by atoms with Crippen LogP contribution in [-0.4, -0.2) is 21.7 Å². The van der Waals surface area contributed by atoms with Gasteiger partial charge in [-0.25, -0.2) is 4.68 Å². The molecule has 0 N–H and O–H groups in total. The molecule has 116 valence electrons. The quantitative estimate of drug-likeness (QED) is 0.814. The average molecular weight is 297 g/mol. The summed E-state index contributed by atoms with van der Waals surface area (Å²) >= 11 is 0. The molecular weight excluding hydrogens is 274 g/mol. The number of hydrogen-bond donors (Lipinski definition) is 0. The lowest BCUT2D eigenvalue weighted by atomic mass is 10.1. The molecule has 4 nitrogen and oxygen atoms in total. The van der Waals surface area contributed by atoms with Crippen molar-refractivity contribution in [3.63, 3.8) is 0 Å². The van der Waals surface area contributed by atoms with Crippen LogP contribution in [0.25, 0.3) is 0 Å². The van der Waals surface area contributed by atoms with E-state index in [4.69, 9.17) is 0 Å². The van der Waals surface area contributed by atoms with Crippen molar-refractivity contribution < 1.29 is 0 Å². The molecular formula is C18H23N3O. The number of hydrogen-bond acceptors (Lipinski definition) is 3. The summed E-state index contributed by atoms with van der Waals surface area (Å²) in [4.78, 5) is 14.4. The molecule has 0 amide bonds. The SMILES string of the molecule is CN(Cc1ccccc1)Cn1nc2c(cc1=O)CCCCC2. The van der Waals surface area contributed by atoms with Crippen LogP contribution in [0.15, 0.2) is 41.2 Å². The number of aryl methyl sites for hydroxylation is 2. The van der Waals surface area contributed by atoms with Gasteiger partial charge in [-0.3, -0.25) is 9.69 Å². The second kappa shape index (κ2) is 6.88. The zero-order valence-electron chi connectivity index (χ0n) is 13.2.